The van der Waals surface area contributed by atoms with Crippen LogP contribution in [0, 0.1) is 0 Å². The highest BCUT2D eigenvalue weighted by atomic mass is 79.9. The summed E-state index contributed by atoms with van der Waals surface area (Å²) >= 11 is 3.08. The van der Waals surface area contributed by atoms with Crippen molar-refractivity contribution in [3.63, 3.8) is 0 Å². The van der Waals surface area contributed by atoms with Gasteiger partial charge in [-0.2, -0.15) is 0 Å². The number of phenols is 1. The third-order valence-corrected chi connectivity index (χ3v) is 6.82. The van der Waals surface area contributed by atoms with Crippen LogP contribution in [0.4, 0.5) is 0 Å². The summed E-state index contributed by atoms with van der Waals surface area (Å²) < 4.78 is 0.975. The molecular formula is C23H31BBrN2O5+. The van der Waals surface area contributed by atoms with Gasteiger partial charge in [-0.3, -0.25) is 4.79 Å². The Bertz CT molecular complexity index is 924. The van der Waals surface area contributed by atoms with Gasteiger partial charge in [0.1, 0.15) is 17.9 Å². The second-order valence-corrected chi connectivity index (χ2v) is 8.86. The van der Waals surface area contributed by atoms with Gasteiger partial charge in [-0.25, -0.2) is 4.79 Å². The molecule has 2 aromatic rings. The van der Waals surface area contributed by atoms with E-state index in [2.05, 4.69) is 41.8 Å². The Kier molecular flexibility index (Phi) is 9.30. The summed E-state index contributed by atoms with van der Waals surface area (Å²) in [6.45, 7) is 10.6. The number of para-hydroxylation sites is 1. The zero-order valence-electron chi connectivity index (χ0n) is 18.7. The molecule has 0 fully saturated rings. The number of hydrogen-bond donors (Lipinski definition) is 4. The summed E-state index contributed by atoms with van der Waals surface area (Å²) in [4.78, 5) is 24.0. The first-order valence-corrected chi connectivity index (χ1v) is 11.7. The Hall–Kier alpha value is -2.36. The molecule has 0 bridgehead atoms. The van der Waals surface area contributed by atoms with Crippen LogP contribution in [0.15, 0.2) is 42.5 Å². The average molecular weight is 506 g/mol. The predicted molar refractivity (Wildman–Crippen MR) is 129 cm³/mol. The van der Waals surface area contributed by atoms with E-state index in [4.69, 9.17) is 0 Å². The van der Waals surface area contributed by atoms with E-state index in [9.17, 15) is 24.8 Å². The second-order valence-electron chi connectivity index (χ2n) is 7.92. The largest absolute Gasteiger partial charge is 0.507 e. The summed E-state index contributed by atoms with van der Waals surface area (Å²) in [6.07, 6.45) is 0.0483. The normalized spacial score (nSPS) is 12.3. The Labute approximate surface area is 197 Å². The van der Waals surface area contributed by atoms with Crippen molar-refractivity contribution in [2.24, 2.45) is 0 Å². The monoisotopic (exact) mass is 505 g/mol. The summed E-state index contributed by atoms with van der Waals surface area (Å²) in [6, 6.07) is 11.8. The SMILES string of the molecule is CC[N+](CC)(CC)Cc1ccc(C(=O)N[C@@H](Cc2cccc(C(=O)O)c2O)B(O)Br)cc1. The predicted octanol–water partition coefficient (Wildman–Crippen LogP) is 3.22. The Morgan fingerprint density at radius 3 is 2.16 bits per heavy atom. The number of hydrogen-bond acceptors (Lipinski definition) is 4. The molecule has 2 aromatic carbocycles. The number of nitrogens with zero attached hydrogens (tertiary/aromatic N) is 1. The fourth-order valence-electron chi connectivity index (χ4n) is 3.79. The minimum Gasteiger partial charge on any atom is -0.507 e. The summed E-state index contributed by atoms with van der Waals surface area (Å²) in [7, 11) is 0. The molecular weight excluding hydrogens is 475 g/mol. The second kappa shape index (κ2) is 11.5. The van der Waals surface area contributed by atoms with Gasteiger partial charge in [0.05, 0.1) is 25.6 Å². The molecule has 1 atom stereocenters. The van der Waals surface area contributed by atoms with E-state index in [0.29, 0.717) is 11.1 Å². The maximum absolute atomic E-state index is 12.8. The third-order valence-electron chi connectivity index (χ3n) is 6.18. The lowest BCUT2D eigenvalue weighted by Crippen LogP contribution is -2.46. The number of carbonyl (C=O) groups is 2. The minimum atomic E-state index is -1.25. The van der Waals surface area contributed by atoms with Gasteiger partial charge in [-0.1, -0.05) is 24.3 Å². The van der Waals surface area contributed by atoms with Crippen molar-refractivity contribution in [3.05, 3.63) is 64.7 Å². The van der Waals surface area contributed by atoms with Gasteiger partial charge >= 0.3 is 11.7 Å². The Morgan fingerprint density at radius 1 is 1.06 bits per heavy atom. The van der Waals surface area contributed by atoms with Crippen LogP contribution in [0.5, 0.6) is 5.75 Å². The van der Waals surface area contributed by atoms with Gasteiger partial charge < -0.3 is 25.0 Å². The van der Waals surface area contributed by atoms with Crippen molar-refractivity contribution in [1.82, 2.24) is 5.32 Å². The van der Waals surface area contributed by atoms with E-state index in [1.54, 1.807) is 18.2 Å². The van der Waals surface area contributed by atoms with Crippen LogP contribution in [0.25, 0.3) is 0 Å². The molecule has 0 saturated heterocycles. The lowest BCUT2D eigenvalue weighted by Gasteiger charge is -2.35. The fourth-order valence-corrected chi connectivity index (χ4v) is 4.11. The number of nitrogens with one attached hydrogen (secondary N) is 1. The number of benzene rings is 2. The van der Waals surface area contributed by atoms with E-state index in [1.807, 2.05) is 12.1 Å². The topological polar surface area (TPSA) is 107 Å². The molecule has 0 aromatic heterocycles. The van der Waals surface area contributed by atoms with Crippen LogP contribution in [0.1, 0.15) is 52.6 Å². The molecule has 0 aliphatic carbocycles. The first-order valence-electron chi connectivity index (χ1n) is 10.8. The molecule has 0 saturated carbocycles. The molecule has 0 aliphatic rings. The molecule has 0 radical (unpaired) electrons. The van der Waals surface area contributed by atoms with Crippen LogP contribution in [-0.2, 0) is 13.0 Å². The van der Waals surface area contributed by atoms with Crippen LogP contribution in [0.3, 0.4) is 0 Å². The molecule has 9 heteroatoms. The van der Waals surface area contributed by atoms with Gasteiger partial charge in [0.2, 0.25) is 0 Å². The van der Waals surface area contributed by atoms with E-state index < -0.39 is 17.7 Å². The molecule has 0 spiro atoms. The van der Waals surface area contributed by atoms with E-state index >= 15 is 0 Å². The van der Waals surface area contributed by atoms with Crippen molar-refractivity contribution >= 4 is 33.4 Å². The number of quaternary nitrogens is 1. The zero-order valence-corrected chi connectivity index (χ0v) is 20.3. The zero-order chi connectivity index (χ0) is 23.9. The van der Waals surface area contributed by atoms with Gasteiger partial charge in [0.25, 0.3) is 5.91 Å². The lowest BCUT2D eigenvalue weighted by molar-refractivity contribution is -0.936. The number of aromatic hydroxyl groups is 1. The number of halogens is 1. The van der Waals surface area contributed by atoms with Crippen molar-refractivity contribution in [1.29, 1.82) is 0 Å². The third kappa shape index (κ3) is 6.34. The van der Waals surface area contributed by atoms with E-state index in [1.165, 1.54) is 12.1 Å². The first-order chi connectivity index (χ1) is 15.2. The van der Waals surface area contributed by atoms with Crippen molar-refractivity contribution in [2.45, 2.75) is 39.7 Å². The minimum absolute atomic E-state index is 0.0483. The van der Waals surface area contributed by atoms with E-state index in [0.717, 1.165) is 36.2 Å². The molecule has 32 heavy (non-hydrogen) atoms. The fraction of sp³-hybridized carbons (Fsp3) is 0.391. The maximum Gasteiger partial charge on any atom is 0.391 e. The van der Waals surface area contributed by atoms with Crippen molar-refractivity contribution < 1.29 is 29.3 Å². The standard InChI is InChI=1S/C23H30BBrN2O5/c1-4-27(5-2,6-3)15-16-10-12-17(13-11-16)22(29)26-20(24(25)32)14-18-8-7-9-19(21(18)28)23(30)31/h7-13,20,32H,4-6,14-15H2,1-3H3,(H2-,26,28,29,30,31)/p+1/t20-/m0/s1. The lowest BCUT2D eigenvalue weighted by atomic mass is 9.82. The molecule has 4 N–H and O–H groups in total. The van der Waals surface area contributed by atoms with Crippen LogP contribution in [-0.4, -0.2) is 62.9 Å². The Balaban J connectivity index is 2.14. The quantitative estimate of drug-likeness (QED) is 0.277. The van der Waals surface area contributed by atoms with Gasteiger partial charge in [-0.15, -0.1) is 15.8 Å². The van der Waals surface area contributed by atoms with Crippen molar-refractivity contribution in [3.8, 4) is 5.75 Å². The number of rotatable bonds is 11. The highest BCUT2D eigenvalue weighted by molar-refractivity contribution is 9.24. The highest BCUT2D eigenvalue weighted by Gasteiger charge is 2.27. The van der Waals surface area contributed by atoms with Crippen molar-refractivity contribution in [2.75, 3.05) is 19.6 Å². The van der Waals surface area contributed by atoms with E-state index in [-0.39, 0.29) is 23.6 Å². The highest BCUT2D eigenvalue weighted by Crippen LogP contribution is 2.24. The Morgan fingerprint density at radius 2 is 1.66 bits per heavy atom. The van der Waals surface area contributed by atoms with Crippen LogP contribution < -0.4 is 5.32 Å². The van der Waals surface area contributed by atoms with Crippen LogP contribution in [0.2, 0.25) is 0 Å². The first kappa shape index (κ1) is 25.9. The molecule has 0 heterocycles. The molecule has 0 unspecified atom stereocenters. The number of carboxylic acids is 1. The van der Waals surface area contributed by atoms with Gasteiger partial charge in [-0.05, 0) is 51.0 Å². The number of amides is 1. The molecule has 1 amide bonds. The molecule has 7 nitrogen and oxygen atoms in total. The summed E-state index contributed by atoms with van der Waals surface area (Å²) in [5.74, 6) is -2.76. The number of carboxylic acid groups (broad SMARTS) is 1. The van der Waals surface area contributed by atoms with Crippen LogP contribution >= 0.6 is 15.8 Å². The number of carbonyl (C=O) groups excluding carboxylic acids is 1. The van der Waals surface area contributed by atoms with Gasteiger partial charge in [0.15, 0.2) is 0 Å². The summed E-state index contributed by atoms with van der Waals surface area (Å²) in [5, 5.41) is 32.3. The maximum atomic E-state index is 12.8. The smallest absolute Gasteiger partial charge is 0.391 e. The molecule has 2 rings (SSSR count). The molecule has 172 valence electrons. The molecule has 0 aliphatic heterocycles. The average Bonchev–Trinajstić information content (AvgIpc) is 2.78. The summed E-state index contributed by atoms with van der Waals surface area (Å²) in [5.41, 5.74) is 0.609. The van der Waals surface area contributed by atoms with Gasteiger partial charge in [0, 0.05) is 11.1 Å². The number of aromatic carboxylic acids is 1.